The summed E-state index contributed by atoms with van der Waals surface area (Å²) in [6, 6.07) is 12.5. The zero-order valence-electron chi connectivity index (χ0n) is 16.9. The Morgan fingerprint density at radius 3 is 2.46 bits per heavy atom. The van der Waals surface area contributed by atoms with Gasteiger partial charge in [0, 0.05) is 25.8 Å². The quantitative estimate of drug-likeness (QED) is 0.732. The molecule has 0 saturated heterocycles. The van der Waals surface area contributed by atoms with E-state index in [4.69, 9.17) is 4.74 Å². The summed E-state index contributed by atoms with van der Waals surface area (Å²) in [5.74, 6) is 0.188. The highest BCUT2D eigenvalue weighted by Gasteiger charge is 2.28. The van der Waals surface area contributed by atoms with Gasteiger partial charge in [0.1, 0.15) is 12.3 Å². The molecule has 0 atom stereocenters. The molecule has 2 rings (SSSR count). The van der Waals surface area contributed by atoms with E-state index in [9.17, 15) is 13.2 Å². The maximum atomic E-state index is 12.9. The van der Waals surface area contributed by atoms with Gasteiger partial charge in [0.2, 0.25) is 5.91 Å². The third kappa shape index (κ3) is 5.24. The fourth-order valence-electron chi connectivity index (χ4n) is 2.64. The fourth-order valence-corrected chi connectivity index (χ4v) is 3.76. The molecule has 0 spiro atoms. The molecule has 0 saturated carbocycles. The second kappa shape index (κ2) is 9.07. The van der Waals surface area contributed by atoms with Gasteiger partial charge < -0.3 is 10.1 Å². The summed E-state index contributed by atoms with van der Waals surface area (Å²) in [6.45, 7) is 5.74. The second-order valence-corrected chi connectivity index (χ2v) is 8.66. The summed E-state index contributed by atoms with van der Waals surface area (Å²) in [7, 11) is -0.971. The van der Waals surface area contributed by atoms with Gasteiger partial charge in [-0.1, -0.05) is 18.2 Å². The number of aryl methyl sites for hydroxylation is 2. The SMILES string of the molecule is CCOc1cccc(NC(=O)CN(c2cc(C)ccc2C)S(=O)(=O)N(C)C)c1. The first-order valence-corrected chi connectivity index (χ1v) is 10.3. The van der Waals surface area contributed by atoms with Crippen LogP contribution in [0.1, 0.15) is 18.1 Å². The monoisotopic (exact) mass is 405 g/mol. The molecule has 0 bridgehead atoms. The highest BCUT2D eigenvalue weighted by atomic mass is 32.2. The molecule has 0 heterocycles. The van der Waals surface area contributed by atoms with Gasteiger partial charge in [-0.15, -0.1) is 0 Å². The summed E-state index contributed by atoms with van der Waals surface area (Å²) in [5, 5.41) is 2.74. The van der Waals surface area contributed by atoms with E-state index in [2.05, 4.69) is 5.32 Å². The van der Waals surface area contributed by atoms with Gasteiger partial charge in [0.15, 0.2) is 0 Å². The van der Waals surface area contributed by atoms with Crippen molar-refractivity contribution in [1.29, 1.82) is 0 Å². The molecule has 0 aromatic heterocycles. The number of nitrogens with zero attached hydrogens (tertiary/aromatic N) is 2. The predicted molar refractivity (Wildman–Crippen MR) is 112 cm³/mol. The molecule has 0 aliphatic carbocycles. The number of benzene rings is 2. The topological polar surface area (TPSA) is 79.0 Å². The Labute approximate surface area is 167 Å². The van der Waals surface area contributed by atoms with E-state index < -0.39 is 16.1 Å². The van der Waals surface area contributed by atoms with Crippen molar-refractivity contribution in [3.63, 3.8) is 0 Å². The summed E-state index contributed by atoms with van der Waals surface area (Å²) >= 11 is 0. The zero-order chi connectivity index (χ0) is 20.9. The highest BCUT2D eigenvalue weighted by Crippen LogP contribution is 2.25. The second-order valence-electron chi connectivity index (χ2n) is 6.60. The molecule has 0 radical (unpaired) electrons. The number of anilines is 2. The number of ether oxygens (including phenoxy) is 1. The molecule has 1 amide bonds. The van der Waals surface area contributed by atoms with Crippen LogP contribution in [0.15, 0.2) is 42.5 Å². The lowest BCUT2D eigenvalue weighted by molar-refractivity contribution is -0.114. The fraction of sp³-hybridized carbons (Fsp3) is 0.350. The summed E-state index contributed by atoms with van der Waals surface area (Å²) in [4.78, 5) is 12.7. The van der Waals surface area contributed by atoms with E-state index in [-0.39, 0.29) is 6.54 Å². The van der Waals surface area contributed by atoms with E-state index in [1.54, 1.807) is 30.3 Å². The molecule has 7 nitrogen and oxygen atoms in total. The van der Waals surface area contributed by atoms with Crippen molar-refractivity contribution in [3.8, 4) is 5.75 Å². The van der Waals surface area contributed by atoms with Gasteiger partial charge in [-0.2, -0.15) is 12.7 Å². The van der Waals surface area contributed by atoms with Gasteiger partial charge in [0.25, 0.3) is 0 Å². The minimum atomic E-state index is -3.85. The summed E-state index contributed by atoms with van der Waals surface area (Å²) in [6.07, 6.45) is 0. The molecular formula is C20H27N3O4S. The third-order valence-electron chi connectivity index (χ3n) is 4.09. The first kappa shape index (κ1) is 21.7. The van der Waals surface area contributed by atoms with Crippen LogP contribution in [0.2, 0.25) is 0 Å². The third-order valence-corrected chi connectivity index (χ3v) is 5.89. The van der Waals surface area contributed by atoms with Crippen LogP contribution in [0.3, 0.4) is 0 Å². The summed E-state index contributed by atoms with van der Waals surface area (Å²) in [5.41, 5.74) is 2.69. The van der Waals surface area contributed by atoms with E-state index in [0.717, 1.165) is 19.7 Å². The van der Waals surface area contributed by atoms with Crippen molar-refractivity contribution in [2.45, 2.75) is 20.8 Å². The van der Waals surface area contributed by atoms with Crippen LogP contribution in [0, 0.1) is 13.8 Å². The van der Waals surface area contributed by atoms with E-state index in [1.165, 1.54) is 14.1 Å². The first-order chi connectivity index (χ1) is 13.1. The molecule has 0 aliphatic heterocycles. The van der Waals surface area contributed by atoms with Gasteiger partial charge in [0.05, 0.1) is 12.3 Å². The minimum Gasteiger partial charge on any atom is -0.494 e. The Bertz CT molecular complexity index is 942. The number of rotatable bonds is 8. The predicted octanol–water partition coefficient (Wildman–Crippen LogP) is 2.95. The van der Waals surface area contributed by atoms with E-state index in [0.29, 0.717) is 23.7 Å². The van der Waals surface area contributed by atoms with Crippen LogP contribution < -0.4 is 14.4 Å². The number of hydrogen-bond acceptors (Lipinski definition) is 4. The maximum Gasteiger partial charge on any atom is 0.304 e. The largest absolute Gasteiger partial charge is 0.494 e. The van der Waals surface area contributed by atoms with Crippen molar-refractivity contribution in [2.24, 2.45) is 0 Å². The van der Waals surface area contributed by atoms with Gasteiger partial charge in [-0.05, 0) is 50.1 Å². The molecule has 0 aliphatic rings. The summed E-state index contributed by atoms with van der Waals surface area (Å²) < 4.78 is 33.4. The lowest BCUT2D eigenvalue weighted by Crippen LogP contribution is -2.44. The number of carbonyl (C=O) groups is 1. The maximum absolute atomic E-state index is 12.9. The Morgan fingerprint density at radius 2 is 1.82 bits per heavy atom. The number of nitrogens with one attached hydrogen (secondary N) is 1. The molecule has 8 heteroatoms. The first-order valence-electron chi connectivity index (χ1n) is 8.95. The smallest absolute Gasteiger partial charge is 0.304 e. The molecule has 28 heavy (non-hydrogen) atoms. The lowest BCUT2D eigenvalue weighted by Gasteiger charge is -2.28. The highest BCUT2D eigenvalue weighted by molar-refractivity contribution is 7.90. The Hall–Kier alpha value is -2.58. The average molecular weight is 406 g/mol. The molecule has 1 N–H and O–H groups in total. The van der Waals surface area contributed by atoms with Gasteiger partial charge in [-0.25, -0.2) is 4.31 Å². The van der Waals surface area contributed by atoms with E-state index >= 15 is 0 Å². The van der Waals surface area contributed by atoms with Crippen LogP contribution in [0.25, 0.3) is 0 Å². The number of amides is 1. The Balaban J connectivity index is 2.31. The molecule has 152 valence electrons. The number of carbonyl (C=O) groups excluding carboxylic acids is 1. The van der Waals surface area contributed by atoms with Crippen molar-refractivity contribution in [1.82, 2.24) is 4.31 Å². The van der Waals surface area contributed by atoms with E-state index in [1.807, 2.05) is 32.9 Å². The van der Waals surface area contributed by atoms with Crippen LogP contribution in [0.4, 0.5) is 11.4 Å². The van der Waals surface area contributed by atoms with Crippen LogP contribution in [0.5, 0.6) is 5.75 Å². The molecule has 0 unspecified atom stereocenters. The van der Waals surface area contributed by atoms with Crippen molar-refractivity contribution in [3.05, 3.63) is 53.6 Å². The Kier molecular flexibility index (Phi) is 7.04. The average Bonchev–Trinajstić information content (AvgIpc) is 2.62. The molecule has 2 aromatic carbocycles. The van der Waals surface area contributed by atoms with Crippen LogP contribution >= 0.6 is 0 Å². The standard InChI is InChI=1S/C20H27N3O4S/c1-6-27-18-9-7-8-17(13-18)21-20(24)14-23(28(25,26)22(4)5)19-12-15(2)10-11-16(19)3/h7-13H,6,14H2,1-5H3,(H,21,24). The van der Waals surface area contributed by atoms with Gasteiger partial charge >= 0.3 is 10.2 Å². The van der Waals surface area contributed by atoms with Crippen LogP contribution in [-0.2, 0) is 15.0 Å². The normalized spacial score (nSPS) is 11.4. The van der Waals surface area contributed by atoms with Crippen molar-refractivity contribution < 1.29 is 17.9 Å². The Morgan fingerprint density at radius 1 is 1.11 bits per heavy atom. The molecule has 2 aromatic rings. The van der Waals surface area contributed by atoms with Gasteiger partial charge in [-0.3, -0.25) is 4.79 Å². The molecular weight excluding hydrogens is 378 g/mol. The minimum absolute atomic E-state index is 0.344. The lowest BCUT2D eigenvalue weighted by atomic mass is 10.1. The van der Waals surface area contributed by atoms with Crippen molar-refractivity contribution in [2.75, 3.05) is 36.9 Å². The van der Waals surface area contributed by atoms with Crippen LogP contribution in [-0.4, -0.2) is 45.9 Å². The zero-order valence-corrected chi connectivity index (χ0v) is 17.7. The molecule has 0 fully saturated rings. The van der Waals surface area contributed by atoms with Crippen molar-refractivity contribution >= 4 is 27.5 Å². The number of hydrogen-bond donors (Lipinski definition) is 1.